The summed E-state index contributed by atoms with van der Waals surface area (Å²) in [7, 11) is 0. The summed E-state index contributed by atoms with van der Waals surface area (Å²) in [6.45, 7) is 5.68. The fourth-order valence-electron chi connectivity index (χ4n) is 4.56. The maximum absolute atomic E-state index is 14.1. The van der Waals surface area contributed by atoms with Gasteiger partial charge in [0.25, 0.3) is 5.91 Å². The molecule has 1 saturated carbocycles. The van der Waals surface area contributed by atoms with Crippen molar-refractivity contribution >= 4 is 17.7 Å². The zero-order valence-electron chi connectivity index (χ0n) is 18.5. The first-order valence-electron chi connectivity index (χ1n) is 11.5. The smallest absolute Gasteiger partial charge is 0.254 e. The Morgan fingerprint density at radius 1 is 1.06 bits per heavy atom. The van der Waals surface area contributed by atoms with Crippen LogP contribution in [0.4, 0.5) is 4.39 Å². The molecule has 1 heterocycles. The van der Waals surface area contributed by atoms with Gasteiger partial charge in [0.15, 0.2) is 0 Å². The Morgan fingerprint density at radius 3 is 2.32 bits per heavy atom. The van der Waals surface area contributed by atoms with Gasteiger partial charge in [-0.05, 0) is 49.7 Å². The molecule has 0 unspecified atom stereocenters. The van der Waals surface area contributed by atoms with E-state index in [2.05, 4.69) is 10.6 Å². The molecule has 1 aliphatic heterocycles. The Hall–Kier alpha value is -2.44. The van der Waals surface area contributed by atoms with Gasteiger partial charge in [-0.25, -0.2) is 4.39 Å². The van der Waals surface area contributed by atoms with Crippen molar-refractivity contribution in [1.82, 2.24) is 15.5 Å². The first-order chi connectivity index (χ1) is 14.9. The van der Waals surface area contributed by atoms with Crippen LogP contribution in [0.15, 0.2) is 24.3 Å². The van der Waals surface area contributed by atoms with Crippen molar-refractivity contribution in [3.8, 4) is 0 Å². The number of carbonyl (C=O) groups excluding carboxylic acids is 3. The second-order valence-electron chi connectivity index (χ2n) is 9.21. The molecule has 6 nitrogen and oxygen atoms in total. The fraction of sp³-hybridized carbons (Fsp3) is 0.625. The minimum absolute atomic E-state index is 0.0713. The van der Waals surface area contributed by atoms with Gasteiger partial charge < -0.3 is 15.5 Å². The van der Waals surface area contributed by atoms with Crippen LogP contribution in [0.3, 0.4) is 0 Å². The highest BCUT2D eigenvalue weighted by molar-refractivity contribution is 5.97. The standard InChI is InChI=1S/C24H34FN3O3/c1-16(2)15-26-23(30)21(27-22(29)19-9-5-6-10-20(19)25)17-11-13-28(14-12-17)24(31)18-7-3-4-8-18/h5-6,9-10,16-18,21H,3-4,7-8,11-15H2,1-2H3,(H,26,30)(H,27,29)/t21-/m0/s1. The second kappa shape index (κ2) is 10.7. The maximum Gasteiger partial charge on any atom is 0.254 e. The number of likely N-dealkylation sites (tertiary alicyclic amines) is 1. The number of hydrogen-bond donors (Lipinski definition) is 2. The third-order valence-electron chi connectivity index (χ3n) is 6.40. The van der Waals surface area contributed by atoms with Gasteiger partial charge in [-0.1, -0.05) is 38.8 Å². The highest BCUT2D eigenvalue weighted by Crippen LogP contribution is 2.29. The largest absolute Gasteiger partial charge is 0.354 e. The van der Waals surface area contributed by atoms with Gasteiger partial charge in [0.05, 0.1) is 5.56 Å². The van der Waals surface area contributed by atoms with E-state index in [0.29, 0.717) is 32.5 Å². The van der Waals surface area contributed by atoms with Crippen LogP contribution in [0.25, 0.3) is 0 Å². The molecule has 0 bridgehead atoms. The quantitative estimate of drug-likeness (QED) is 0.696. The van der Waals surface area contributed by atoms with Gasteiger partial charge in [-0.15, -0.1) is 0 Å². The van der Waals surface area contributed by atoms with Gasteiger partial charge in [0, 0.05) is 25.6 Å². The molecule has 0 spiro atoms. The molecule has 2 N–H and O–H groups in total. The molecule has 1 saturated heterocycles. The van der Waals surface area contributed by atoms with E-state index in [1.165, 1.54) is 18.2 Å². The first-order valence-corrected chi connectivity index (χ1v) is 11.5. The van der Waals surface area contributed by atoms with Crippen molar-refractivity contribution in [2.24, 2.45) is 17.8 Å². The van der Waals surface area contributed by atoms with E-state index in [1.54, 1.807) is 6.07 Å². The Bertz CT molecular complexity index is 784. The number of piperidine rings is 1. The predicted molar refractivity (Wildman–Crippen MR) is 117 cm³/mol. The first kappa shape index (κ1) is 23.2. The monoisotopic (exact) mass is 431 g/mol. The van der Waals surface area contributed by atoms with Crippen molar-refractivity contribution in [2.75, 3.05) is 19.6 Å². The summed E-state index contributed by atoms with van der Waals surface area (Å²) in [5.74, 6) is -0.910. The predicted octanol–water partition coefficient (Wildman–Crippen LogP) is 3.13. The van der Waals surface area contributed by atoms with Crippen LogP contribution < -0.4 is 10.6 Å². The highest BCUT2D eigenvalue weighted by Gasteiger charge is 2.36. The van der Waals surface area contributed by atoms with Crippen molar-refractivity contribution < 1.29 is 18.8 Å². The number of carbonyl (C=O) groups is 3. The lowest BCUT2D eigenvalue weighted by Crippen LogP contribution is -2.54. The van der Waals surface area contributed by atoms with Crippen molar-refractivity contribution in [3.05, 3.63) is 35.6 Å². The Morgan fingerprint density at radius 2 is 1.71 bits per heavy atom. The number of rotatable bonds is 7. The second-order valence-corrected chi connectivity index (χ2v) is 9.21. The number of nitrogens with one attached hydrogen (secondary N) is 2. The zero-order valence-corrected chi connectivity index (χ0v) is 18.5. The van der Waals surface area contributed by atoms with Gasteiger partial charge in [0.1, 0.15) is 11.9 Å². The number of amides is 3. The SMILES string of the molecule is CC(C)CNC(=O)[C@@H](NC(=O)c1ccccc1F)C1CCN(C(=O)C2CCCC2)CC1. The Balaban J connectivity index is 1.66. The van der Waals surface area contributed by atoms with Crippen LogP contribution in [-0.2, 0) is 9.59 Å². The minimum atomic E-state index is -0.755. The number of hydrogen-bond acceptors (Lipinski definition) is 3. The molecule has 1 aromatic rings. The maximum atomic E-state index is 14.1. The van der Waals surface area contributed by atoms with Gasteiger partial charge >= 0.3 is 0 Å². The van der Waals surface area contributed by atoms with Crippen LogP contribution in [0.5, 0.6) is 0 Å². The number of benzene rings is 1. The molecule has 3 rings (SSSR count). The summed E-state index contributed by atoms with van der Waals surface area (Å²) in [4.78, 5) is 40.3. The van der Waals surface area contributed by atoms with E-state index in [0.717, 1.165) is 25.7 Å². The Kier molecular flexibility index (Phi) is 8.04. The average molecular weight is 432 g/mol. The zero-order chi connectivity index (χ0) is 22.4. The van der Waals surface area contributed by atoms with Crippen LogP contribution in [0.1, 0.15) is 62.7 Å². The molecule has 3 amide bonds. The highest BCUT2D eigenvalue weighted by atomic mass is 19.1. The normalized spacial score (nSPS) is 18.8. The van der Waals surface area contributed by atoms with Crippen LogP contribution in [-0.4, -0.2) is 48.3 Å². The van der Waals surface area contributed by atoms with Crippen molar-refractivity contribution in [1.29, 1.82) is 0 Å². The molecule has 1 aromatic carbocycles. The summed E-state index contributed by atoms with van der Waals surface area (Å²) in [5.41, 5.74) is -0.0713. The number of nitrogens with zero attached hydrogens (tertiary/aromatic N) is 1. The fourth-order valence-corrected chi connectivity index (χ4v) is 4.56. The van der Waals surface area contributed by atoms with E-state index >= 15 is 0 Å². The third kappa shape index (κ3) is 6.05. The van der Waals surface area contributed by atoms with Gasteiger partial charge in [0.2, 0.25) is 11.8 Å². The third-order valence-corrected chi connectivity index (χ3v) is 6.40. The lowest BCUT2D eigenvalue weighted by molar-refractivity contribution is -0.137. The molecule has 31 heavy (non-hydrogen) atoms. The van der Waals surface area contributed by atoms with Gasteiger partial charge in [-0.2, -0.15) is 0 Å². The molecule has 0 radical (unpaired) electrons. The van der Waals surface area contributed by atoms with E-state index in [4.69, 9.17) is 0 Å². The lowest BCUT2D eigenvalue weighted by atomic mass is 9.87. The molecule has 0 aromatic heterocycles. The summed E-state index contributed by atoms with van der Waals surface area (Å²) in [6.07, 6.45) is 5.45. The van der Waals surface area contributed by atoms with Crippen LogP contribution in [0.2, 0.25) is 0 Å². The van der Waals surface area contributed by atoms with Crippen LogP contribution in [0, 0.1) is 23.6 Å². The molecule has 2 aliphatic rings. The molecule has 7 heteroatoms. The van der Waals surface area contributed by atoms with Crippen molar-refractivity contribution in [2.45, 2.75) is 58.4 Å². The van der Waals surface area contributed by atoms with Crippen molar-refractivity contribution in [3.63, 3.8) is 0 Å². The summed E-state index contributed by atoms with van der Waals surface area (Å²) < 4.78 is 14.1. The Labute approximate surface area is 183 Å². The summed E-state index contributed by atoms with van der Waals surface area (Å²) in [5, 5.41) is 5.67. The van der Waals surface area contributed by atoms with Gasteiger partial charge in [-0.3, -0.25) is 14.4 Å². The molecule has 1 atom stereocenters. The van der Waals surface area contributed by atoms with E-state index in [1.807, 2.05) is 18.7 Å². The average Bonchev–Trinajstić information content (AvgIpc) is 3.30. The minimum Gasteiger partial charge on any atom is -0.354 e. The summed E-state index contributed by atoms with van der Waals surface area (Å²) >= 11 is 0. The van der Waals surface area contributed by atoms with E-state index in [9.17, 15) is 18.8 Å². The topological polar surface area (TPSA) is 78.5 Å². The lowest BCUT2D eigenvalue weighted by Gasteiger charge is -2.37. The molecular weight excluding hydrogens is 397 g/mol. The van der Waals surface area contributed by atoms with E-state index < -0.39 is 17.8 Å². The van der Waals surface area contributed by atoms with Crippen LogP contribution >= 0.6 is 0 Å². The number of halogens is 1. The van der Waals surface area contributed by atoms with E-state index in [-0.39, 0.29) is 35.1 Å². The molecule has 2 fully saturated rings. The summed E-state index contributed by atoms with van der Waals surface area (Å²) in [6, 6.07) is 5.01. The molecular formula is C24H34FN3O3. The molecule has 170 valence electrons. The molecule has 1 aliphatic carbocycles.